The minimum Gasteiger partial charge on any atom is -0.346 e. The lowest BCUT2D eigenvalue weighted by atomic mass is 9.80. The van der Waals surface area contributed by atoms with E-state index >= 15 is 8.78 Å². The summed E-state index contributed by atoms with van der Waals surface area (Å²) in [6, 6.07) is 4.42. The average Bonchev–Trinajstić information content (AvgIpc) is 3.83. The molecule has 0 aliphatic heterocycles. The van der Waals surface area contributed by atoms with Gasteiger partial charge >= 0.3 is 12.4 Å². The molecule has 0 saturated heterocycles. The normalized spacial score (nSPS) is 19.6. The van der Waals surface area contributed by atoms with Crippen LogP contribution in [0.3, 0.4) is 0 Å². The maximum atomic E-state index is 15.8. The molecule has 5 aromatic rings. The fourth-order valence-electron chi connectivity index (χ4n) is 8.62. The molecule has 388 valence electrons. The van der Waals surface area contributed by atoms with Gasteiger partial charge in [-0.2, -0.15) is 49.6 Å². The largest absolute Gasteiger partial charge is 0.435 e. The summed E-state index contributed by atoms with van der Waals surface area (Å²) in [4.78, 5) is 32.6. The number of benzene rings is 2. The van der Waals surface area contributed by atoms with Crippen LogP contribution in [0.4, 0.5) is 49.7 Å². The molecule has 14 nitrogen and oxygen atoms in total. The topological polar surface area (TPSA) is 192 Å². The van der Waals surface area contributed by atoms with Crippen molar-refractivity contribution in [2.75, 3.05) is 16.8 Å². The van der Waals surface area contributed by atoms with Crippen LogP contribution in [0, 0.1) is 35.3 Å². The zero-order valence-corrected chi connectivity index (χ0v) is 41.0. The molecule has 2 aromatic carbocycles. The maximum absolute atomic E-state index is 15.8. The Morgan fingerprint density at radius 1 is 0.944 bits per heavy atom. The van der Waals surface area contributed by atoms with E-state index in [1.54, 1.807) is 0 Å². The first-order valence-electron chi connectivity index (χ1n) is 21.6. The second-order valence-electron chi connectivity index (χ2n) is 18.4. The van der Waals surface area contributed by atoms with Crippen molar-refractivity contribution in [2.24, 2.45) is 17.6 Å². The quantitative estimate of drug-likeness (QED) is 0.0916. The molecule has 3 atom stereocenters. The number of hydrogen-bond acceptors (Lipinski definition) is 10. The molecule has 3 aromatic heterocycles. The van der Waals surface area contributed by atoms with Crippen LogP contribution in [0.1, 0.15) is 86.4 Å². The highest BCUT2D eigenvalue weighted by atomic mass is 35.5. The number of rotatable bonds is 12. The van der Waals surface area contributed by atoms with Crippen LogP contribution in [0.2, 0.25) is 5.02 Å². The summed E-state index contributed by atoms with van der Waals surface area (Å²) < 4.78 is 199. The third kappa shape index (κ3) is 10.5. The van der Waals surface area contributed by atoms with Crippen molar-refractivity contribution >= 4 is 60.0 Å². The summed E-state index contributed by atoms with van der Waals surface area (Å²) in [7, 11) is -8.60. The van der Waals surface area contributed by atoms with E-state index in [0.29, 0.717) is 17.0 Å². The summed E-state index contributed by atoms with van der Waals surface area (Å²) >= 11 is 6.66. The van der Waals surface area contributed by atoms with Crippen molar-refractivity contribution < 1.29 is 70.3 Å². The molecule has 0 spiro atoms. The number of anilines is 1. The number of carbonyl (C=O) groups is 2. The van der Waals surface area contributed by atoms with Gasteiger partial charge in [0.05, 0.1) is 33.9 Å². The van der Waals surface area contributed by atoms with Gasteiger partial charge in [-0.3, -0.25) is 19.0 Å². The van der Waals surface area contributed by atoms with Gasteiger partial charge in [-0.15, -0.1) is 0 Å². The minimum absolute atomic E-state index is 0.0199. The predicted octanol–water partition coefficient (Wildman–Crippen LogP) is 7.96. The number of alkyl halides is 8. The molecule has 3 heterocycles. The highest BCUT2D eigenvalue weighted by Crippen LogP contribution is 2.55. The summed E-state index contributed by atoms with van der Waals surface area (Å²) in [5, 5.41) is 8.89. The van der Waals surface area contributed by atoms with Crippen molar-refractivity contribution in [3.05, 3.63) is 93.0 Å². The molecule has 27 heteroatoms. The van der Waals surface area contributed by atoms with E-state index in [0.717, 1.165) is 44.4 Å². The van der Waals surface area contributed by atoms with E-state index in [-0.39, 0.29) is 44.2 Å². The van der Waals surface area contributed by atoms with Gasteiger partial charge in [0.2, 0.25) is 21.8 Å². The van der Waals surface area contributed by atoms with E-state index in [9.17, 15) is 61.5 Å². The van der Waals surface area contributed by atoms with E-state index in [1.165, 1.54) is 26.0 Å². The molecule has 0 radical (unpaired) electrons. The van der Waals surface area contributed by atoms with Crippen LogP contribution < -0.4 is 15.4 Å². The van der Waals surface area contributed by atoms with Crippen LogP contribution in [0.25, 0.3) is 22.0 Å². The lowest BCUT2D eigenvalue weighted by Gasteiger charge is -2.34. The van der Waals surface area contributed by atoms with Gasteiger partial charge in [-0.1, -0.05) is 37.4 Å². The number of pyridine rings is 1. The predicted molar refractivity (Wildman–Crippen MR) is 243 cm³/mol. The van der Waals surface area contributed by atoms with Crippen LogP contribution >= 0.6 is 11.6 Å². The molecular formula is C45H43ClF10N8O6S2. The number of carbonyl (C=O) groups excluding carboxylic acids is 2. The second-order valence-corrected chi connectivity index (χ2v) is 23.2. The van der Waals surface area contributed by atoms with Crippen LogP contribution in [0.15, 0.2) is 42.5 Å². The monoisotopic (exact) mass is 1080 g/mol. The highest BCUT2D eigenvalue weighted by Gasteiger charge is 2.57. The molecule has 3 N–H and O–H groups in total. The van der Waals surface area contributed by atoms with Crippen molar-refractivity contribution in [3.8, 4) is 23.0 Å². The van der Waals surface area contributed by atoms with E-state index in [2.05, 4.69) is 32.3 Å². The van der Waals surface area contributed by atoms with Gasteiger partial charge in [-0.25, -0.2) is 30.6 Å². The van der Waals surface area contributed by atoms with Gasteiger partial charge in [0.15, 0.2) is 21.3 Å². The zero-order valence-electron chi connectivity index (χ0n) is 38.6. The molecule has 1 fully saturated rings. The zero-order chi connectivity index (χ0) is 53.6. The number of nitrogens with two attached hydrogens (primary N) is 1. The number of sulfone groups is 1. The van der Waals surface area contributed by atoms with E-state index < -0.39 is 160 Å². The Hall–Kier alpha value is -5.78. The Bertz CT molecular complexity index is 3300. The molecule has 0 unspecified atom stereocenters. The van der Waals surface area contributed by atoms with Crippen molar-refractivity contribution in [1.29, 1.82) is 0 Å². The molecule has 7 rings (SSSR count). The Morgan fingerprint density at radius 3 is 2.11 bits per heavy atom. The molecular weight excluding hydrogens is 1040 g/mol. The molecule has 72 heavy (non-hydrogen) atoms. The van der Waals surface area contributed by atoms with Crippen molar-refractivity contribution in [2.45, 2.75) is 101 Å². The van der Waals surface area contributed by atoms with Gasteiger partial charge in [-0.05, 0) is 80.8 Å². The van der Waals surface area contributed by atoms with Crippen LogP contribution in [-0.4, -0.2) is 82.7 Å². The Labute approximate surface area is 410 Å². The van der Waals surface area contributed by atoms with E-state index in [4.69, 9.17) is 17.3 Å². The van der Waals surface area contributed by atoms with Gasteiger partial charge in [0, 0.05) is 46.9 Å². The SMILES string of the molecule is C[C@@H]1c2c(C(F)(F)F)nn(CC(=O)N[C@@H](Cc3cc(F)cc(F)c3)c3nc(C#CC(C)(C)S(C)(=O)=O)ccc3-c3ccc(Cl)c4c(N(C(=O)[C@H]5C[C@@H](N)C5)S(C)(=O)=O)nn(CC(F)(F)F)c34)c2C(F)(F)[C@@H]1C. The van der Waals surface area contributed by atoms with Gasteiger partial charge in [0.1, 0.15) is 40.9 Å². The van der Waals surface area contributed by atoms with Gasteiger partial charge < -0.3 is 11.1 Å². The summed E-state index contributed by atoms with van der Waals surface area (Å²) in [6.07, 6.45) is -9.53. The first-order valence-corrected chi connectivity index (χ1v) is 25.7. The highest BCUT2D eigenvalue weighted by molar-refractivity contribution is 7.93. The fourth-order valence-corrected chi connectivity index (χ4v) is 10.0. The number of aromatic nitrogens is 5. The number of nitrogens with one attached hydrogen (secondary N) is 1. The molecule has 2 aliphatic carbocycles. The fraction of sp³-hybridized carbons (Fsp3) is 0.444. The lowest BCUT2D eigenvalue weighted by Crippen LogP contribution is -2.48. The number of amides is 2. The smallest absolute Gasteiger partial charge is 0.346 e. The minimum atomic E-state index is -5.26. The molecule has 0 bridgehead atoms. The third-order valence-electron chi connectivity index (χ3n) is 12.7. The van der Waals surface area contributed by atoms with E-state index in [1.807, 2.05) is 0 Å². The molecule has 1 saturated carbocycles. The first kappa shape index (κ1) is 54.0. The van der Waals surface area contributed by atoms with Crippen molar-refractivity contribution in [3.63, 3.8) is 0 Å². The molecule has 2 amide bonds. The summed E-state index contributed by atoms with van der Waals surface area (Å²) in [5.74, 6) is -8.42. The number of hydrogen-bond donors (Lipinski definition) is 2. The Balaban J connectivity index is 1.50. The number of halogens is 11. The first-order chi connectivity index (χ1) is 33.0. The third-order valence-corrected chi connectivity index (χ3v) is 16.0. The lowest BCUT2D eigenvalue weighted by molar-refractivity contribution is -0.143. The maximum Gasteiger partial charge on any atom is 0.435 e. The van der Waals surface area contributed by atoms with Crippen LogP contribution in [0.5, 0.6) is 0 Å². The standard InChI is InChI=1S/C45H43ClF10N8O6S2/c1-21-22(2)44(52,53)39-34(21)38(45(54,55)56)60-62(39)19-33(65)59-32(15-23-13-25(47)18-26(48)14-23)36-29(8-7-28(58-36)11-12-42(3,4)71(5,67)68)30-9-10-31(46)35-37(30)63(20-43(49,50)51)61-40(35)64(72(6,69)70)41(66)24-16-27(57)17-24/h7-10,13-14,18,21-22,24,27,32H,15-17,19-20,57H2,1-6H3,(H,59,65)/t21-,22+,24-,27+,32-/m0/s1. The number of nitrogens with zero attached hydrogens (tertiary/aromatic N) is 6. The second kappa shape index (κ2) is 18.6. The Kier molecular flexibility index (Phi) is 14.0. The van der Waals surface area contributed by atoms with Gasteiger partial charge in [0.25, 0.3) is 5.92 Å². The summed E-state index contributed by atoms with van der Waals surface area (Å²) in [6.45, 7) is 1.39. The number of fused-ring (bicyclic) bond motifs is 2. The molecule has 2 aliphatic rings. The van der Waals surface area contributed by atoms with Crippen molar-refractivity contribution in [1.82, 2.24) is 29.9 Å². The average molecular weight is 1080 g/mol. The van der Waals surface area contributed by atoms with Crippen LogP contribution in [-0.2, 0) is 61.1 Å². The Morgan fingerprint density at radius 2 is 1.56 bits per heavy atom. The number of sulfonamides is 1. The summed E-state index contributed by atoms with van der Waals surface area (Å²) in [5.41, 5.74) is -0.0211.